The van der Waals surface area contributed by atoms with Crippen LogP contribution < -0.4 is 10.2 Å². The van der Waals surface area contributed by atoms with E-state index in [2.05, 4.69) is 19.2 Å². The summed E-state index contributed by atoms with van der Waals surface area (Å²) in [5.41, 5.74) is 3.37. The Hall–Kier alpha value is -3.21. The minimum atomic E-state index is -0.735. The van der Waals surface area contributed by atoms with Crippen molar-refractivity contribution in [2.24, 2.45) is 0 Å². The van der Waals surface area contributed by atoms with Crippen molar-refractivity contribution in [2.45, 2.75) is 33.1 Å². The summed E-state index contributed by atoms with van der Waals surface area (Å²) in [6.07, 6.45) is 2.37. The fraction of sp³-hybridized carbons (Fsp3) is 0.227. The minimum absolute atomic E-state index is 0.0635. The van der Waals surface area contributed by atoms with Crippen LogP contribution in [0.25, 0.3) is 6.08 Å². The summed E-state index contributed by atoms with van der Waals surface area (Å²) in [5.74, 6) is -0.911. The van der Waals surface area contributed by atoms with Crippen molar-refractivity contribution in [3.8, 4) is 0 Å². The predicted molar refractivity (Wildman–Crippen MR) is 105 cm³/mol. The van der Waals surface area contributed by atoms with Gasteiger partial charge in [-0.25, -0.2) is 9.69 Å². The van der Waals surface area contributed by atoms with Crippen LogP contribution in [0.1, 0.15) is 43.4 Å². The number of amides is 4. The maximum Gasteiger partial charge on any atom is 0.335 e. The lowest BCUT2D eigenvalue weighted by atomic mass is 10.0. The van der Waals surface area contributed by atoms with E-state index < -0.39 is 17.8 Å². The highest BCUT2D eigenvalue weighted by atomic mass is 16.2. The number of rotatable bonds is 4. The summed E-state index contributed by atoms with van der Waals surface area (Å²) >= 11 is 0. The highest BCUT2D eigenvalue weighted by molar-refractivity contribution is 6.39. The zero-order valence-electron chi connectivity index (χ0n) is 15.7. The van der Waals surface area contributed by atoms with Gasteiger partial charge in [0.1, 0.15) is 5.57 Å². The number of barbiturate groups is 1. The number of carbonyl (C=O) groups excluding carboxylic acids is 3. The Morgan fingerprint density at radius 2 is 1.59 bits per heavy atom. The molecule has 27 heavy (non-hydrogen) atoms. The Balaban J connectivity index is 1.93. The molecule has 1 N–H and O–H groups in total. The molecule has 3 rings (SSSR count). The van der Waals surface area contributed by atoms with E-state index in [9.17, 15) is 14.4 Å². The highest BCUT2D eigenvalue weighted by Crippen LogP contribution is 2.23. The van der Waals surface area contributed by atoms with Crippen molar-refractivity contribution < 1.29 is 14.4 Å². The average Bonchev–Trinajstić information content (AvgIpc) is 2.66. The van der Waals surface area contributed by atoms with Gasteiger partial charge < -0.3 is 0 Å². The third-order valence-corrected chi connectivity index (χ3v) is 4.62. The Kier molecular flexibility index (Phi) is 5.21. The molecular formula is C22H22N2O3. The van der Waals surface area contributed by atoms with Crippen LogP contribution in [-0.4, -0.2) is 17.8 Å². The maximum absolute atomic E-state index is 12.9. The number of benzene rings is 2. The number of urea groups is 1. The van der Waals surface area contributed by atoms with Crippen molar-refractivity contribution in [3.05, 3.63) is 70.8 Å². The van der Waals surface area contributed by atoms with Crippen molar-refractivity contribution >= 4 is 29.6 Å². The second kappa shape index (κ2) is 7.58. The molecule has 1 heterocycles. The van der Waals surface area contributed by atoms with E-state index >= 15 is 0 Å². The Morgan fingerprint density at radius 3 is 2.15 bits per heavy atom. The fourth-order valence-electron chi connectivity index (χ4n) is 2.92. The van der Waals surface area contributed by atoms with Gasteiger partial charge in [0.05, 0.1) is 5.69 Å². The Labute approximate surface area is 158 Å². The van der Waals surface area contributed by atoms with Crippen molar-refractivity contribution in [1.29, 1.82) is 0 Å². The predicted octanol–water partition coefficient (Wildman–Crippen LogP) is 4.04. The van der Waals surface area contributed by atoms with Gasteiger partial charge in [-0.3, -0.25) is 14.9 Å². The lowest BCUT2D eigenvalue weighted by Gasteiger charge is -2.26. The summed E-state index contributed by atoms with van der Waals surface area (Å²) in [5, 5.41) is 2.25. The molecule has 0 radical (unpaired) electrons. The quantitative estimate of drug-likeness (QED) is 0.659. The summed E-state index contributed by atoms with van der Waals surface area (Å²) in [6, 6.07) is 14.1. The van der Waals surface area contributed by atoms with E-state index in [-0.39, 0.29) is 5.57 Å². The van der Waals surface area contributed by atoms with E-state index in [1.54, 1.807) is 12.1 Å². The lowest BCUT2D eigenvalue weighted by molar-refractivity contribution is -0.122. The molecule has 0 atom stereocenters. The first-order chi connectivity index (χ1) is 12.9. The molecule has 0 unspecified atom stereocenters. The standard InChI is InChI=1S/C22H22N2O3/c1-4-15-7-11-18(12-8-15)24-21(26)19(20(25)23-22(24)27)13-16-5-9-17(10-6-16)14(2)3/h5-14H,4H2,1-3H3,(H,23,25,27)/b19-13-. The van der Waals surface area contributed by atoms with Gasteiger partial charge in [-0.2, -0.15) is 0 Å². The second-order valence-corrected chi connectivity index (χ2v) is 6.80. The van der Waals surface area contributed by atoms with E-state index in [1.807, 2.05) is 43.3 Å². The Bertz CT molecular complexity index is 910. The summed E-state index contributed by atoms with van der Waals surface area (Å²) in [6.45, 7) is 6.22. The van der Waals surface area contributed by atoms with E-state index in [4.69, 9.17) is 0 Å². The molecule has 1 fully saturated rings. The van der Waals surface area contributed by atoms with Crippen LogP contribution in [0.5, 0.6) is 0 Å². The topological polar surface area (TPSA) is 66.5 Å². The lowest BCUT2D eigenvalue weighted by Crippen LogP contribution is -2.54. The van der Waals surface area contributed by atoms with E-state index in [0.29, 0.717) is 11.6 Å². The first-order valence-electron chi connectivity index (χ1n) is 9.01. The number of carbonyl (C=O) groups is 3. The van der Waals surface area contributed by atoms with Gasteiger partial charge in [-0.05, 0) is 47.2 Å². The number of aryl methyl sites for hydroxylation is 1. The number of anilines is 1. The molecule has 0 aromatic heterocycles. The molecule has 1 saturated heterocycles. The third-order valence-electron chi connectivity index (χ3n) is 4.62. The molecule has 0 spiro atoms. The van der Waals surface area contributed by atoms with Gasteiger partial charge in [-0.1, -0.05) is 57.2 Å². The smallest absolute Gasteiger partial charge is 0.273 e. The molecular weight excluding hydrogens is 340 g/mol. The van der Waals surface area contributed by atoms with Gasteiger partial charge in [0, 0.05) is 0 Å². The summed E-state index contributed by atoms with van der Waals surface area (Å²) in [4.78, 5) is 38.3. The highest BCUT2D eigenvalue weighted by Gasteiger charge is 2.36. The SMILES string of the molecule is CCc1ccc(N2C(=O)NC(=O)/C(=C/c3ccc(C(C)C)cc3)C2=O)cc1. The Morgan fingerprint density at radius 1 is 0.963 bits per heavy atom. The average molecular weight is 362 g/mol. The van der Waals surface area contributed by atoms with Gasteiger partial charge in [0.15, 0.2) is 0 Å². The number of nitrogens with zero attached hydrogens (tertiary/aromatic N) is 1. The zero-order valence-corrected chi connectivity index (χ0v) is 15.7. The second-order valence-electron chi connectivity index (χ2n) is 6.80. The van der Waals surface area contributed by atoms with E-state index in [0.717, 1.165) is 22.4 Å². The van der Waals surface area contributed by atoms with Gasteiger partial charge in [0.25, 0.3) is 11.8 Å². The largest absolute Gasteiger partial charge is 0.335 e. The van der Waals surface area contributed by atoms with Crippen LogP contribution in [-0.2, 0) is 16.0 Å². The third kappa shape index (κ3) is 3.82. The van der Waals surface area contributed by atoms with Crippen molar-refractivity contribution in [3.63, 3.8) is 0 Å². The zero-order chi connectivity index (χ0) is 19.6. The van der Waals surface area contributed by atoms with Crippen molar-refractivity contribution in [1.82, 2.24) is 5.32 Å². The van der Waals surface area contributed by atoms with Crippen LogP contribution in [0.2, 0.25) is 0 Å². The van der Waals surface area contributed by atoms with Crippen LogP contribution >= 0.6 is 0 Å². The van der Waals surface area contributed by atoms with Crippen LogP contribution in [0.4, 0.5) is 10.5 Å². The van der Waals surface area contributed by atoms with E-state index in [1.165, 1.54) is 11.6 Å². The molecule has 0 aliphatic carbocycles. The molecule has 2 aromatic rings. The molecule has 1 aliphatic heterocycles. The first kappa shape index (κ1) is 18.6. The molecule has 0 bridgehead atoms. The summed E-state index contributed by atoms with van der Waals surface area (Å²) in [7, 11) is 0. The molecule has 0 saturated carbocycles. The normalized spacial score (nSPS) is 16.2. The molecule has 4 amide bonds. The maximum atomic E-state index is 12.9. The number of nitrogens with one attached hydrogen (secondary N) is 1. The van der Waals surface area contributed by atoms with Crippen LogP contribution in [0.3, 0.4) is 0 Å². The minimum Gasteiger partial charge on any atom is -0.273 e. The monoisotopic (exact) mass is 362 g/mol. The fourth-order valence-corrected chi connectivity index (χ4v) is 2.92. The summed E-state index contributed by atoms with van der Waals surface area (Å²) < 4.78 is 0. The molecule has 1 aliphatic rings. The number of hydrogen-bond acceptors (Lipinski definition) is 3. The van der Waals surface area contributed by atoms with Crippen LogP contribution in [0, 0.1) is 0 Å². The molecule has 5 nitrogen and oxygen atoms in total. The van der Waals surface area contributed by atoms with Gasteiger partial charge >= 0.3 is 6.03 Å². The van der Waals surface area contributed by atoms with Gasteiger partial charge in [0.2, 0.25) is 0 Å². The van der Waals surface area contributed by atoms with Gasteiger partial charge in [-0.15, -0.1) is 0 Å². The van der Waals surface area contributed by atoms with Crippen molar-refractivity contribution in [2.75, 3.05) is 4.90 Å². The molecule has 2 aromatic carbocycles. The molecule has 138 valence electrons. The molecule has 5 heteroatoms. The first-order valence-corrected chi connectivity index (χ1v) is 9.01. The van der Waals surface area contributed by atoms with Crippen LogP contribution in [0.15, 0.2) is 54.1 Å². The number of imide groups is 2. The number of hydrogen-bond donors (Lipinski definition) is 1.